The molecule has 0 fully saturated rings. The van der Waals surface area contributed by atoms with Gasteiger partial charge in [-0.2, -0.15) is 0 Å². The molecule has 0 saturated heterocycles. The molecule has 0 amide bonds. The number of phenolic OH excluding ortho intramolecular Hbond substituents is 1. The Morgan fingerprint density at radius 3 is 2.89 bits per heavy atom. The van der Waals surface area contributed by atoms with Crippen LogP contribution in [0.25, 0.3) is 0 Å². The van der Waals surface area contributed by atoms with Crippen LogP contribution in [0.4, 0.5) is 0 Å². The summed E-state index contributed by atoms with van der Waals surface area (Å²) in [7, 11) is 1.67. The summed E-state index contributed by atoms with van der Waals surface area (Å²) in [4.78, 5) is 0. The fraction of sp³-hybridized carbons (Fsp3) is 0.200. The normalized spacial score (nSPS) is 17.5. The second kappa shape index (κ2) is 4.35. The van der Waals surface area contributed by atoms with Crippen molar-refractivity contribution in [3.05, 3.63) is 59.2 Å². The van der Waals surface area contributed by atoms with Crippen molar-refractivity contribution in [2.45, 2.75) is 12.6 Å². The lowest BCUT2D eigenvalue weighted by Crippen LogP contribution is -2.13. The molecule has 3 nitrogen and oxygen atoms in total. The second-order valence-corrected chi connectivity index (χ2v) is 4.44. The van der Waals surface area contributed by atoms with Crippen LogP contribution in [0.5, 0.6) is 11.5 Å². The monoisotopic (exact) mass is 241 g/mol. The van der Waals surface area contributed by atoms with E-state index in [1.54, 1.807) is 13.2 Å². The summed E-state index contributed by atoms with van der Waals surface area (Å²) in [5, 5.41) is 13.2. The Morgan fingerprint density at radius 2 is 2.06 bits per heavy atom. The van der Waals surface area contributed by atoms with Crippen LogP contribution in [0.2, 0.25) is 0 Å². The van der Waals surface area contributed by atoms with Crippen LogP contribution in [0.3, 0.4) is 0 Å². The predicted molar refractivity (Wildman–Crippen MR) is 69.8 cm³/mol. The van der Waals surface area contributed by atoms with Crippen molar-refractivity contribution >= 4 is 0 Å². The predicted octanol–water partition coefficient (Wildman–Crippen LogP) is 2.59. The molecule has 18 heavy (non-hydrogen) atoms. The second-order valence-electron chi connectivity index (χ2n) is 4.44. The Kier molecular flexibility index (Phi) is 2.68. The maximum absolute atomic E-state index is 9.83. The van der Waals surface area contributed by atoms with E-state index in [0.717, 1.165) is 22.4 Å². The smallest absolute Gasteiger partial charge is 0.120 e. The van der Waals surface area contributed by atoms with Crippen LogP contribution in [0.1, 0.15) is 22.7 Å². The first kappa shape index (κ1) is 11.1. The minimum Gasteiger partial charge on any atom is -0.508 e. The van der Waals surface area contributed by atoms with Crippen LogP contribution < -0.4 is 10.1 Å². The summed E-state index contributed by atoms with van der Waals surface area (Å²) in [6, 6.07) is 13.8. The van der Waals surface area contributed by atoms with E-state index in [1.165, 1.54) is 0 Å². The first-order valence-electron chi connectivity index (χ1n) is 5.97. The van der Waals surface area contributed by atoms with E-state index in [4.69, 9.17) is 4.74 Å². The molecule has 3 rings (SSSR count). The highest BCUT2D eigenvalue weighted by Crippen LogP contribution is 2.36. The van der Waals surface area contributed by atoms with Crippen LogP contribution in [0, 0.1) is 0 Å². The highest BCUT2D eigenvalue weighted by Gasteiger charge is 2.25. The quantitative estimate of drug-likeness (QED) is 0.849. The van der Waals surface area contributed by atoms with Gasteiger partial charge in [-0.15, -0.1) is 0 Å². The molecule has 1 heterocycles. The van der Waals surface area contributed by atoms with Crippen molar-refractivity contribution in [1.82, 2.24) is 5.32 Å². The lowest BCUT2D eigenvalue weighted by molar-refractivity contribution is 0.414. The minimum atomic E-state index is 0.127. The van der Waals surface area contributed by atoms with Gasteiger partial charge in [0.25, 0.3) is 0 Å². The van der Waals surface area contributed by atoms with Crippen LogP contribution in [-0.2, 0) is 6.54 Å². The van der Waals surface area contributed by atoms with Gasteiger partial charge in [-0.05, 0) is 29.3 Å². The molecule has 2 aromatic carbocycles. The molecule has 2 aromatic rings. The van der Waals surface area contributed by atoms with E-state index in [-0.39, 0.29) is 6.04 Å². The molecule has 92 valence electrons. The zero-order valence-corrected chi connectivity index (χ0v) is 10.2. The third-order valence-corrected chi connectivity index (χ3v) is 3.41. The van der Waals surface area contributed by atoms with Crippen LogP contribution in [-0.4, -0.2) is 12.2 Å². The van der Waals surface area contributed by atoms with E-state index < -0.39 is 0 Å². The molecule has 2 N–H and O–H groups in total. The molecule has 1 unspecified atom stereocenters. The molecule has 1 aliphatic rings. The number of fused-ring (bicyclic) bond motifs is 1. The largest absolute Gasteiger partial charge is 0.508 e. The molecule has 0 aliphatic carbocycles. The van der Waals surface area contributed by atoms with E-state index in [1.807, 2.05) is 24.3 Å². The van der Waals surface area contributed by atoms with E-state index in [9.17, 15) is 5.11 Å². The standard InChI is InChI=1S/C15H15NO2/c1-18-11-5-2-4-10(8-11)15-12-6-3-7-14(17)13(12)9-16-15/h2-8,15-17H,9H2,1H3. The van der Waals surface area contributed by atoms with Gasteiger partial charge in [0.15, 0.2) is 0 Å². The topological polar surface area (TPSA) is 41.5 Å². The Balaban J connectivity index is 2.03. The van der Waals surface area contributed by atoms with Gasteiger partial charge in [0.1, 0.15) is 11.5 Å². The van der Waals surface area contributed by atoms with Crippen molar-refractivity contribution in [3.63, 3.8) is 0 Å². The fourth-order valence-electron chi connectivity index (χ4n) is 2.49. The SMILES string of the molecule is COc1cccc(C2NCc3c(O)cccc32)c1. The van der Waals surface area contributed by atoms with E-state index in [2.05, 4.69) is 17.4 Å². The van der Waals surface area contributed by atoms with Gasteiger partial charge in [-0.1, -0.05) is 24.3 Å². The molecule has 0 saturated carbocycles. The number of nitrogens with one attached hydrogen (secondary N) is 1. The Hall–Kier alpha value is -2.00. The third kappa shape index (κ3) is 1.73. The molecule has 0 aromatic heterocycles. The molecule has 0 bridgehead atoms. The van der Waals surface area contributed by atoms with Crippen molar-refractivity contribution < 1.29 is 9.84 Å². The first-order valence-corrected chi connectivity index (χ1v) is 5.97. The number of benzene rings is 2. The maximum Gasteiger partial charge on any atom is 0.120 e. The van der Waals surface area contributed by atoms with Crippen molar-refractivity contribution in [3.8, 4) is 11.5 Å². The number of rotatable bonds is 2. The van der Waals surface area contributed by atoms with Crippen LogP contribution >= 0.6 is 0 Å². The first-order chi connectivity index (χ1) is 8.79. The summed E-state index contributed by atoms with van der Waals surface area (Å²) in [6.07, 6.45) is 0. The number of hydrogen-bond acceptors (Lipinski definition) is 3. The van der Waals surface area contributed by atoms with Gasteiger partial charge in [0, 0.05) is 12.1 Å². The molecule has 1 atom stereocenters. The summed E-state index contributed by atoms with van der Waals surface area (Å²) in [5.74, 6) is 1.22. The zero-order valence-electron chi connectivity index (χ0n) is 10.2. The van der Waals surface area contributed by atoms with Gasteiger partial charge in [-0.25, -0.2) is 0 Å². The Morgan fingerprint density at radius 1 is 1.22 bits per heavy atom. The van der Waals surface area contributed by atoms with Crippen LogP contribution in [0.15, 0.2) is 42.5 Å². The van der Waals surface area contributed by atoms with Crippen molar-refractivity contribution in [2.24, 2.45) is 0 Å². The number of aromatic hydroxyl groups is 1. The van der Waals surface area contributed by atoms with E-state index in [0.29, 0.717) is 12.3 Å². The highest BCUT2D eigenvalue weighted by molar-refractivity contribution is 5.48. The van der Waals surface area contributed by atoms with Gasteiger partial charge >= 0.3 is 0 Å². The average molecular weight is 241 g/mol. The number of phenols is 1. The van der Waals surface area contributed by atoms with E-state index >= 15 is 0 Å². The molecular weight excluding hydrogens is 226 g/mol. The average Bonchev–Trinajstić information content (AvgIpc) is 2.84. The summed E-state index contributed by atoms with van der Waals surface area (Å²) >= 11 is 0. The Labute approximate surface area is 106 Å². The lowest BCUT2D eigenvalue weighted by Gasteiger charge is -2.13. The molecule has 0 spiro atoms. The van der Waals surface area contributed by atoms with Gasteiger partial charge in [0.2, 0.25) is 0 Å². The fourth-order valence-corrected chi connectivity index (χ4v) is 2.49. The molecule has 3 heteroatoms. The van der Waals surface area contributed by atoms with Gasteiger partial charge < -0.3 is 15.2 Å². The minimum absolute atomic E-state index is 0.127. The van der Waals surface area contributed by atoms with Crippen molar-refractivity contribution in [2.75, 3.05) is 7.11 Å². The lowest BCUT2D eigenvalue weighted by atomic mass is 9.98. The third-order valence-electron chi connectivity index (χ3n) is 3.41. The molecular formula is C15H15NO2. The summed E-state index contributed by atoms with van der Waals surface area (Å²) < 4.78 is 5.25. The van der Waals surface area contributed by atoms with Crippen molar-refractivity contribution in [1.29, 1.82) is 0 Å². The number of methoxy groups -OCH3 is 1. The summed E-state index contributed by atoms with van der Waals surface area (Å²) in [6.45, 7) is 0.698. The van der Waals surface area contributed by atoms with Gasteiger partial charge in [0.05, 0.1) is 13.2 Å². The highest BCUT2D eigenvalue weighted by atomic mass is 16.5. The molecule has 0 radical (unpaired) electrons. The Bertz CT molecular complexity index is 580. The number of ether oxygens (including phenoxy) is 1. The zero-order chi connectivity index (χ0) is 12.5. The number of hydrogen-bond donors (Lipinski definition) is 2. The maximum atomic E-state index is 9.83. The summed E-state index contributed by atoms with van der Waals surface area (Å²) in [5.41, 5.74) is 3.28. The van der Waals surface area contributed by atoms with Gasteiger partial charge in [-0.3, -0.25) is 0 Å². The molecule has 1 aliphatic heterocycles.